The van der Waals surface area contributed by atoms with Crippen molar-refractivity contribution in [2.45, 2.75) is 25.2 Å². The number of ether oxygens (including phenoxy) is 1. The Morgan fingerprint density at radius 3 is 1.87 bits per heavy atom. The topological polar surface area (TPSA) is 22.4 Å². The first-order valence-electron chi connectivity index (χ1n) is 19.3. The molecule has 0 radical (unpaired) electrons. The molecule has 2 nitrogen and oxygen atoms in total. The van der Waals surface area contributed by atoms with Crippen molar-refractivity contribution in [3.05, 3.63) is 186 Å². The predicted octanol–water partition coefficient (Wildman–Crippen LogP) is 14.2. The zero-order chi connectivity index (χ0) is 36.4. The lowest BCUT2D eigenvalue weighted by molar-refractivity contribution is 0.343. The van der Waals surface area contributed by atoms with Crippen molar-refractivity contribution in [1.82, 2.24) is 0 Å². The third kappa shape index (κ3) is 4.20. The van der Waals surface area contributed by atoms with E-state index in [-0.39, 0.29) is 11.3 Å². The number of hydrogen-bond acceptors (Lipinski definition) is 2. The smallest absolute Gasteiger partial charge is 0.143 e. The van der Waals surface area contributed by atoms with Crippen LogP contribution in [0.15, 0.2) is 168 Å². The number of hydrogen-bond donors (Lipinski definition) is 0. The Kier molecular flexibility index (Phi) is 6.27. The average molecular weight is 705 g/mol. The number of para-hydroxylation sites is 1. The maximum absolute atomic E-state index is 7.16. The molecule has 55 heavy (non-hydrogen) atoms. The largest absolute Gasteiger partial charge is 0.492 e. The monoisotopic (exact) mass is 704 g/mol. The lowest BCUT2D eigenvalue weighted by Crippen LogP contribution is -2.14. The minimum Gasteiger partial charge on any atom is -0.492 e. The van der Waals surface area contributed by atoms with Gasteiger partial charge >= 0.3 is 0 Å². The minimum absolute atomic E-state index is 0.0945. The summed E-state index contributed by atoms with van der Waals surface area (Å²) in [5, 5.41) is 9.72. The normalized spacial score (nSPS) is 15.5. The fraction of sp³-hybridized carbons (Fsp3) is 0.0943. The first kappa shape index (κ1) is 30.8. The van der Waals surface area contributed by atoms with Gasteiger partial charge in [-0.05, 0) is 77.8 Å². The number of fused-ring (bicyclic) bond motifs is 11. The van der Waals surface area contributed by atoms with Gasteiger partial charge in [0.05, 0.1) is 6.61 Å². The van der Waals surface area contributed by atoms with Gasteiger partial charge in [-0.15, -0.1) is 0 Å². The van der Waals surface area contributed by atoms with Crippen LogP contribution in [0.1, 0.15) is 42.0 Å². The first-order valence-corrected chi connectivity index (χ1v) is 19.3. The summed E-state index contributed by atoms with van der Waals surface area (Å²) < 4.78 is 13.5. The second kappa shape index (κ2) is 11.2. The molecular formula is C53H36O2. The van der Waals surface area contributed by atoms with Gasteiger partial charge in [0.25, 0.3) is 0 Å². The zero-order valence-electron chi connectivity index (χ0n) is 30.7. The Bertz CT molecular complexity index is 3190. The number of rotatable bonds is 3. The van der Waals surface area contributed by atoms with Crippen LogP contribution < -0.4 is 4.74 Å². The molecule has 2 aliphatic rings. The predicted molar refractivity (Wildman–Crippen MR) is 228 cm³/mol. The van der Waals surface area contributed by atoms with Gasteiger partial charge in [-0.25, -0.2) is 0 Å². The van der Waals surface area contributed by atoms with Crippen LogP contribution in [0.3, 0.4) is 0 Å². The Hall–Kier alpha value is -6.64. The minimum atomic E-state index is -0.0945. The molecule has 2 heteroatoms. The van der Waals surface area contributed by atoms with Crippen molar-refractivity contribution >= 4 is 54.3 Å². The van der Waals surface area contributed by atoms with Crippen molar-refractivity contribution in [2.24, 2.45) is 0 Å². The fourth-order valence-corrected chi connectivity index (χ4v) is 10.2. The fourth-order valence-electron chi connectivity index (χ4n) is 10.2. The standard InChI is InChI=1S/C53H36O2/c1-53(2)45-24-10-9-20-41(45)50-46(53)27-26-40-39-22-12-23-42(51(39)55-52(40)50)49-37-18-7-5-16-35(37)48(36-17-6-8-19-38(36)49)32-25-28-47-43(29-32)44(30-54-47)34-21-11-14-31-13-3-4-15-33(31)34/h3-29,44H,30H2,1-2H3. The van der Waals surface area contributed by atoms with Gasteiger partial charge in [0.1, 0.15) is 16.9 Å². The van der Waals surface area contributed by atoms with Gasteiger partial charge in [-0.2, -0.15) is 0 Å². The summed E-state index contributed by atoms with van der Waals surface area (Å²) in [5.74, 6) is 1.13. The van der Waals surface area contributed by atoms with E-state index < -0.39 is 0 Å². The van der Waals surface area contributed by atoms with Crippen molar-refractivity contribution in [2.75, 3.05) is 6.61 Å². The summed E-state index contributed by atoms with van der Waals surface area (Å²) in [6, 6.07) is 60.1. The zero-order valence-corrected chi connectivity index (χ0v) is 30.7. The number of furan rings is 1. The van der Waals surface area contributed by atoms with Crippen LogP contribution in [0.25, 0.3) is 87.6 Å². The molecule has 1 aliphatic heterocycles. The highest BCUT2D eigenvalue weighted by Crippen LogP contribution is 2.54. The molecule has 2 heterocycles. The van der Waals surface area contributed by atoms with E-state index in [2.05, 4.69) is 178 Å². The average Bonchev–Trinajstić information content (AvgIpc) is 3.90. The van der Waals surface area contributed by atoms with E-state index in [0.29, 0.717) is 6.61 Å². The van der Waals surface area contributed by atoms with Crippen molar-refractivity contribution in [3.8, 4) is 39.1 Å². The molecule has 10 aromatic rings. The highest BCUT2D eigenvalue weighted by molar-refractivity contribution is 6.25. The van der Waals surface area contributed by atoms with Crippen molar-refractivity contribution in [3.63, 3.8) is 0 Å². The van der Waals surface area contributed by atoms with E-state index in [1.165, 1.54) is 82.4 Å². The summed E-state index contributed by atoms with van der Waals surface area (Å²) in [4.78, 5) is 0. The first-order chi connectivity index (χ1) is 27.1. The highest BCUT2D eigenvalue weighted by Gasteiger charge is 2.37. The van der Waals surface area contributed by atoms with Gasteiger partial charge in [-0.3, -0.25) is 0 Å². The molecule has 0 bridgehead atoms. The quantitative estimate of drug-likeness (QED) is 0.171. The Balaban J connectivity index is 1.10. The van der Waals surface area contributed by atoms with Crippen LogP contribution in [0, 0.1) is 0 Å². The third-order valence-corrected chi connectivity index (χ3v) is 12.7. The van der Waals surface area contributed by atoms with Gasteiger partial charge < -0.3 is 9.15 Å². The Morgan fingerprint density at radius 1 is 0.455 bits per heavy atom. The van der Waals surface area contributed by atoms with Crippen LogP contribution in [0.5, 0.6) is 5.75 Å². The van der Waals surface area contributed by atoms with Gasteiger partial charge in [0, 0.05) is 44.4 Å². The molecule has 0 N–H and O–H groups in total. The third-order valence-electron chi connectivity index (χ3n) is 12.7. The summed E-state index contributed by atoms with van der Waals surface area (Å²) >= 11 is 0. The molecule has 0 saturated carbocycles. The van der Waals surface area contributed by atoms with E-state index in [1.54, 1.807) is 0 Å². The maximum Gasteiger partial charge on any atom is 0.143 e. The van der Waals surface area contributed by atoms with E-state index in [9.17, 15) is 0 Å². The van der Waals surface area contributed by atoms with Crippen LogP contribution in [0.2, 0.25) is 0 Å². The molecule has 9 aromatic carbocycles. The molecule has 0 fully saturated rings. The second-order valence-corrected chi connectivity index (χ2v) is 15.8. The Labute approximate surface area is 319 Å². The van der Waals surface area contributed by atoms with Crippen LogP contribution in [-0.4, -0.2) is 6.61 Å². The highest BCUT2D eigenvalue weighted by atomic mass is 16.5. The van der Waals surface area contributed by atoms with E-state index >= 15 is 0 Å². The molecule has 260 valence electrons. The number of benzene rings is 9. The van der Waals surface area contributed by atoms with E-state index in [1.807, 2.05) is 0 Å². The van der Waals surface area contributed by atoms with E-state index in [4.69, 9.17) is 9.15 Å². The SMILES string of the molecule is CC1(C)c2ccccc2-c2c1ccc1c2oc2c(-c3c4ccccc4c(-c4ccc5c(c4)C(c4cccc6ccccc46)CO5)c4ccccc34)cccc21. The molecule has 0 spiro atoms. The molecule has 0 saturated heterocycles. The summed E-state index contributed by atoms with van der Waals surface area (Å²) in [7, 11) is 0. The maximum atomic E-state index is 7.16. The summed E-state index contributed by atoms with van der Waals surface area (Å²) in [5.41, 5.74) is 14.3. The van der Waals surface area contributed by atoms with Crippen LogP contribution in [-0.2, 0) is 5.41 Å². The van der Waals surface area contributed by atoms with Crippen LogP contribution >= 0.6 is 0 Å². The molecule has 1 aromatic heterocycles. The molecule has 1 unspecified atom stereocenters. The molecular weight excluding hydrogens is 669 g/mol. The lowest BCUT2D eigenvalue weighted by Gasteiger charge is -2.21. The van der Waals surface area contributed by atoms with Gasteiger partial charge in [0.15, 0.2) is 0 Å². The van der Waals surface area contributed by atoms with Crippen molar-refractivity contribution < 1.29 is 9.15 Å². The molecule has 1 aliphatic carbocycles. The molecule has 0 amide bonds. The van der Waals surface area contributed by atoms with Crippen molar-refractivity contribution in [1.29, 1.82) is 0 Å². The second-order valence-electron chi connectivity index (χ2n) is 15.8. The van der Waals surface area contributed by atoms with Gasteiger partial charge in [-0.1, -0.05) is 166 Å². The summed E-state index contributed by atoms with van der Waals surface area (Å²) in [6.45, 7) is 5.30. The Morgan fingerprint density at radius 2 is 1.07 bits per heavy atom. The van der Waals surface area contributed by atoms with Gasteiger partial charge in [0.2, 0.25) is 0 Å². The lowest BCUT2D eigenvalue weighted by atomic mass is 9.82. The molecule has 1 atom stereocenters. The van der Waals surface area contributed by atoms with E-state index in [0.717, 1.165) is 33.3 Å². The summed E-state index contributed by atoms with van der Waals surface area (Å²) in [6.07, 6.45) is 0. The van der Waals surface area contributed by atoms with Crippen LogP contribution in [0.4, 0.5) is 0 Å². The molecule has 12 rings (SSSR count).